The summed E-state index contributed by atoms with van der Waals surface area (Å²) in [4.78, 5) is 17.8. The summed E-state index contributed by atoms with van der Waals surface area (Å²) in [5.74, 6) is 2.93. The zero-order valence-electron chi connectivity index (χ0n) is 17.8. The lowest BCUT2D eigenvalue weighted by Crippen LogP contribution is -2.26. The smallest absolute Gasteiger partial charge is 0.225 e. The predicted octanol–water partition coefficient (Wildman–Crippen LogP) is 2.97. The largest absolute Gasteiger partial charge is 0.486 e. The van der Waals surface area contributed by atoms with Crippen LogP contribution >= 0.6 is 11.3 Å². The minimum atomic E-state index is 0.0618. The number of thiophene rings is 1. The summed E-state index contributed by atoms with van der Waals surface area (Å²) in [5.41, 5.74) is 2.34. The number of anilines is 1. The van der Waals surface area contributed by atoms with Gasteiger partial charge in [-0.3, -0.25) is 9.20 Å². The molecule has 0 fully saturated rings. The lowest BCUT2D eigenvalue weighted by molar-refractivity contribution is -0.120. The van der Waals surface area contributed by atoms with E-state index in [1.54, 1.807) is 11.3 Å². The van der Waals surface area contributed by atoms with Gasteiger partial charge in [0.2, 0.25) is 11.6 Å². The Morgan fingerprint density at radius 3 is 2.78 bits per heavy atom. The van der Waals surface area contributed by atoms with E-state index in [0.717, 1.165) is 34.6 Å². The summed E-state index contributed by atoms with van der Waals surface area (Å²) in [7, 11) is 0. The first-order chi connectivity index (χ1) is 15.7. The van der Waals surface area contributed by atoms with Crippen LogP contribution in [0.2, 0.25) is 0 Å². The van der Waals surface area contributed by atoms with Crippen LogP contribution in [-0.4, -0.2) is 51.8 Å². The maximum Gasteiger partial charge on any atom is 0.225 e. The van der Waals surface area contributed by atoms with Gasteiger partial charge in [0.05, 0.1) is 17.5 Å². The predicted molar refractivity (Wildman–Crippen MR) is 123 cm³/mol. The summed E-state index contributed by atoms with van der Waals surface area (Å²) < 4.78 is 13.4. The summed E-state index contributed by atoms with van der Waals surface area (Å²) in [5, 5.41) is 16.9. The minimum absolute atomic E-state index is 0.0618. The number of amides is 1. The molecule has 1 aliphatic rings. The highest BCUT2D eigenvalue weighted by atomic mass is 32.1. The van der Waals surface area contributed by atoms with Crippen LogP contribution in [0.4, 0.5) is 5.82 Å². The molecule has 1 aliphatic heterocycles. The van der Waals surface area contributed by atoms with E-state index in [4.69, 9.17) is 14.5 Å². The molecular formula is C22H24N6O3S. The van der Waals surface area contributed by atoms with Crippen LogP contribution in [0.3, 0.4) is 0 Å². The van der Waals surface area contributed by atoms with Crippen LogP contribution in [0.5, 0.6) is 11.5 Å². The molecule has 32 heavy (non-hydrogen) atoms. The number of unbranched alkanes of at least 4 members (excludes halogenated alkanes) is 1. The molecule has 4 aromatic rings. The molecule has 0 bridgehead atoms. The standard InChI is InChI=1S/C22H24N6O3S/c1-14-26-27-22-21(24-7-3-2-6-23-20(29)11-15-5-4-10-32-15)25-16-12-18-19(31-9-8-30-18)13-17(16)28(14)22/h4-5,10,12-13H,2-3,6-9,11H2,1H3,(H,23,29)(H,24,25). The number of fused-ring (bicyclic) bond motifs is 4. The molecule has 1 amide bonds. The normalized spacial score (nSPS) is 12.9. The van der Waals surface area contributed by atoms with Crippen LogP contribution in [0.1, 0.15) is 23.5 Å². The van der Waals surface area contributed by atoms with Crippen molar-refractivity contribution in [3.63, 3.8) is 0 Å². The van der Waals surface area contributed by atoms with Crippen LogP contribution in [0.25, 0.3) is 16.7 Å². The van der Waals surface area contributed by atoms with E-state index in [1.807, 2.05) is 41.0 Å². The molecule has 0 radical (unpaired) electrons. The number of hydrogen-bond donors (Lipinski definition) is 2. The Kier molecular flexibility index (Phi) is 5.76. The number of aryl methyl sites for hydroxylation is 1. The van der Waals surface area contributed by atoms with Crippen molar-refractivity contribution in [1.82, 2.24) is 24.9 Å². The van der Waals surface area contributed by atoms with Crippen molar-refractivity contribution in [3.05, 3.63) is 40.3 Å². The molecule has 0 saturated heterocycles. The van der Waals surface area contributed by atoms with E-state index in [0.29, 0.717) is 55.7 Å². The highest BCUT2D eigenvalue weighted by Crippen LogP contribution is 2.35. The monoisotopic (exact) mass is 452 g/mol. The van der Waals surface area contributed by atoms with Crippen molar-refractivity contribution < 1.29 is 14.3 Å². The molecule has 0 unspecified atom stereocenters. The number of carbonyl (C=O) groups excluding carboxylic acids is 1. The van der Waals surface area contributed by atoms with E-state index >= 15 is 0 Å². The molecule has 9 nitrogen and oxygen atoms in total. The Bertz CT molecular complexity index is 1250. The molecule has 0 saturated carbocycles. The van der Waals surface area contributed by atoms with Crippen LogP contribution < -0.4 is 20.1 Å². The number of rotatable bonds is 8. The highest BCUT2D eigenvalue weighted by molar-refractivity contribution is 7.10. The molecule has 0 spiro atoms. The number of benzene rings is 1. The van der Waals surface area contributed by atoms with Crippen LogP contribution in [0, 0.1) is 6.92 Å². The van der Waals surface area contributed by atoms with Gasteiger partial charge in [-0.15, -0.1) is 21.5 Å². The van der Waals surface area contributed by atoms with Gasteiger partial charge < -0.3 is 20.1 Å². The topological polar surface area (TPSA) is 103 Å². The molecule has 5 rings (SSSR count). The van der Waals surface area contributed by atoms with E-state index in [9.17, 15) is 4.79 Å². The number of hydrogen-bond acceptors (Lipinski definition) is 8. The fourth-order valence-corrected chi connectivity index (χ4v) is 4.45. The molecule has 2 N–H and O–H groups in total. The maximum absolute atomic E-state index is 12.0. The van der Waals surface area contributed by atoms with Gasteiger partial charge in [-0.25, -0.2) is 4.98 Å². The zero-order chi connectivity index (χ0) is 21.9. The van der Waals surface area contributed by atoms with Gasteiger partial charge in [-0.05, 0) is 31.2 Å². The van der Waals surface area contributed by atoms with Gasteiger partial charge in [-0.2, -0.15) is 0 Å². The van der Waals surface area contributed by atoms with Crippen molar-refractivity contribution >= 4 is 39.7 Å². The number of nitrogens with one attached hydrogen (secondary N) is 2. The quantitative estimate of drug-likeness (QED) is 0.396. The second-order valence-electron chi connectivity index (χ2n) is 7.59. The van der Waals surface area contributed by atoms with Crippen molar-refractivity contribution in [1.29, 1.82) is 0 Å². The van der Waals surface area contributed by atoms with Gasteiger partial charge in [0.25, 0.3) is 0 Å². The van der Waals surface area contributed by atoms with E-state index in [-0.39, 0.29) is 5.91 Å². The molecule has 1 aromatic carbocycles. The first-order valence-corrected chi connectivity index (χ1v) is 11.5. The maximum atomic E-state index is 12.0. The first kappa shape index (κ1) is 20.5. The Labute approximate surface area is 188 Å². The number of nitrogens with zero attached hydrogens (tertiary/aromatic N) is 4. The van der Waals surface area contributed by atoms with Crippen molar-refractivity contribution in [2.45, 2.75) is 26.2 Å². The zero-order valence-corrected chi connectivity index (χ0v) is 18.6. The van der Waals surface area contributed by atoms with Crippen LogP contribution in [0.15, 0.2) is 29.6 Å². The lowest BCUT2D eigenvalue weighted by Gasteiger charge is -2.19. The Hall–Kier alpha value is -3.40. The summed E-state index contributed by atoms with van der Waals surface area (Å²) in [6, 6.07) is 7.77. The second kappa shape index (κ2) is 8.99. The molecule has 0 aliphatic carbocycles. The third-order valence-electron chi connectivity index (χ3n) is 5.28. The van der Waals surface area contributed by atoms with Gasteiger partial charge in [0.1, 0.15) is 19.0 Å². The molecule has 10 heteroatoms. The fourth-order valence-electron chi connectivity index (χ4n) is 3.75. The average molecular weight is 453 g/mol. The Morgan fingerprint density at radius 2 is 1.97 bits per heavy atom. The second-order valence-corrected chi connectivity index (χ2v) is 8.62. The van der Waals surface area contributed by atoms with E-state index in [2.05, 4.69) is 20.8 Å². The number of carbonyl (C=O) groups is 1. The Balaban J connectivity index is 1.22. The SMILES string of the molecule is Cc1nnc2c(NCCCCNC(=O)Cc3cccs3)nc3cc4c(cc3n12)OCCO4. The molecule has 166 valence electrons. The summed E-state index contributed by atoms with van der Waals surface area (Å²) >= 11 is 1.60. The van der Waals surface area contributed by atoms with Gasteiger partial charge >= 0.3 is 0 Å². The van der Waals surface area contributed by atoms with Crippen LogP contribution in [-0.2, 0) is 11.2 Å². The number of aromatic nitrogens is 4. The molecular weight excluding hydrogens is 428 g/mol. The van der Waals surface area contributed by atoms with Gasteiger partial charge in [0, 0.05) is 30.1 Å². The summed E-state index contributed by atoms with van der Waals surface area (Å²) in [6.45, 7) is 4.34. The third-order valence-corrected chi connectivity index (χ3v) is 6.16. The fraction of sp³-hybridized carbons (Fsp3) is 0.364. The van der Waals surface area contributed by atoms with E-state index < -0.39 is 0 Å². The highest BCUT2D eigenvalue weighted by Gasteiger charge is 2.18. The molecule has 4 heterocycles. The Morgan fingerprint density at radius 1 is 1.16 bits per heavy atom. The average Bonchev–Trinajstić information content (AvgIpc) is 3.45. The van der Waals surface area contributed by atoms with E-state index in [1.165, 1.54) is 0 Å². The van der Waals surface area contributed by atoms with Gasteiger partial charge in [0.15, 0.2) is 17.3 Å². The molecule has 3 aromatic heterocycles. The van der Waals surface area contributed by atoms with Gasteiger partial charge in [-0.1, -0.05) is 6.07 Å². The first-order valence-electron chi connectivity index (χ1n) is 10.7. The minimum Gasteiger partial charge on any atom is -0.486 e. The van der Waals surface area contributed by atoms with Crippen molar-refractivity contribution in [2.24, 2.45) is 0 Å². The number of ether oxygens (including phenoxy) is 2. The third kappa shape index (κ3) is 4.18. The van der Waals surface area contributed by atoms with Crippen molar-refractivity contribution in [2.75, 3.05) is 31.6 Å². The summed E-state index contributed by atoms with van der Waals surface area (Å²) in [6.07, 6.45) is 2.20. The molecule has 0 atom stereocenters. The van der Waals surface area contributed by atoms with Crippen molar-refractivity contribution in [3.8, 4) is 11.5 Å². The lowest BCUT2D eigenvalue weighted by atomic mass is 10.2.